The molecule has 180 valence electrons. The predicted molar refractivity (Wildman–Crippen MR) is 153 cm³/mol. The highest BCUT2D eigenvalue weighted by molar-refractivity contribution is 14.1. The molecule has 11 heteroatoms. The van der Waals surface area contributed by atoms with Crippen molar-refractivity contribution >= 4 is 100 Å². The Bertz CT molecular complexity index is 1430. The molecule has 2 amide bonds. The predicted octanol–water partition coefficient (Wildman–Crippen LogP) is 5.44. The van der Waals surface area contributed by atoms with Crippen molar-refractivity contribution in [1.29, 1.82) is 0 Å². The van der Waals surface area contributed by atoms with E-state index in [0.29, 0.717) is 21.5 Å². The van der Waals surface area contributed by atoms with Gasteiger partial charge in [-0.1, -0.05) is 106 Å². The number of fused-ring (bicyclic) bond motifs is 2. The minimum atomic E-state index is -4.71. The molecule has 4 aromatic carbocycles. The van der Waals surface area contributed by atoms with E-state index in [-0.39, 0.29) is 43.5 Å². The van der Waals surface area contributed by atoms with Gasteiger partial charge in [0.1, 0.15) is 0 Å². The summed E-state index contributed by atoms with van der Waals surface area (Å²) >= 11 is 3.81. The summed E-state index contributed by atoms with van der Waals surface area (Å²) in [5.74, 6) is -0.775. The van der Waals surface area contributed by atoms with Crippen molar-refractivity contribution in [2.45, 2.75) is 0 Å². The van der Waals surface area contributed by atoms with Crippen molar-refractivity contribution in [1.82, 2.24) is 0 Å². The fraction of sp³-hybridized carbons (Fsp3) is 0.0833. The number of alkyl halides is 2. The van der Waals surface area contributed by atoms with Crippen LogP contribution in [-0.2, 0) is 20.0 Å². The number of benzene rings is 4. The summed E-state index contributed by atoms with van der Waals surface area (Å²) in [6, 6.07) is 20.7. The maximum atomic E-state index is 13.2. The highest BCUT2D eigenvalue weighted by atomic mass is 127. The molecule has 0 unspecified atom stereocenters. The molecule has 0 aliphatic rings. The van der Waals surface area contributed by atoms with E-state index in [2.05, 4.69) is 10.6 Å². The van der Waals surface area contributed by atoms with Gasteiger partial charge in [0.25, 0.3) is 0 Å². The molecule has 0 saturated heterocycles. The van der Waals surface area contributed by atoms with Gasteiger partial charge < -0.3 is 19.0 Å². The zero-order valence-corrected chi connectivity index (χ0v) is 23.1. The molecule has 0 bridgehead atoms. The molecule has 0 atom stereocenters. The van der Waals surface area contributed by atoms with Crippen LogP contribution in [0.4, 0.5) is 11.4 Å². The monoisotopic (exact) mass is 716 g/mol. The summed E-state index contributed by atoms with van der Waals surface area (Å²) in [7, 11) is -4.71. The van der Waals surface area contributed by atoms with Crippen LogP contribution in [0.1, 0.15) is 0 Å². The molecular formula is C24H18I2N2O6S. The van der Waals surface area contributed by atoms with E-state index in [4.69, 9.17) is 8.37 Å². The largest absolute Gasteiger partial charge is 0.501 e. The molecule has 0 fully saturated rings. The Kier molecular flexibility index (Phi) is 7.96. The first-order chi connectivity index (χ1) is 16.8. The van der Waals surface area contributed by atoms with Crippen LogP contribution in [0.15, 0.2) is 72.8 Å². The molecule has 4 aromatic rings. The number of amides is 2. The first-order valence-corrected chi connectivity index (χ1v) is 14.6. The van der Waals surface area contributed by atoms with Gasteiger partial charge in [0, 0.05) is 10.8 Å². The van der Waals surface area contributed by atoms with Gasteiger partial charge in [0.05, 0.1) is 20.2 Å². The van der Waals surface area contributed by atoms with Crippen LogP contribution in [0.5, 0.6) is 11.5 Å². The van der Waals surface area contributed by atoms with E-state index < -0.39 is 10.4 Å². The number of anilines is 2. The number of hydrogen-bond acceptors (Lipinski definition) is 6. The lowest BCUT2D eigenvalue weighted by Gasteiger charge is -2.17. The van der Waals surface area contributed by atoms with Crippen LogP contribution in [0.3, 0.4) is 0 Å². The first kappa shape index (κ1) is 25.4. The third kappa shape index (κ3) is 5.95. The van der Waals surface area contributed by atoms with Gasteiger partial charge in [-0.25, -0.2) is 0 Å². The van der Waals surface area contributed by atoms with Crippen molar-refractivity contribution in [3.8, 4) is 11.5 Å². The third-order valence-corrected chi connectivity index (χ3v) is 7.05. The van der Waals surface area contributed by atoms with Gasteiger partial charge in [-0.3, -0.25) is 9.59 Å². The molecule has 0 spiro atoms. The van der Waals surface area contributed by atoms with Gasteiger partial charge in [0.2, 0.25) is 11.8 Å². The first-order valence-electron chi connectivity index (χ1n) is 10.2. The van der Waals surface area contributed by atoms with Crippen LogP contribution in [0.2, 0.25) is 0 Å². The lowest BCUT2D eigenvalue weighted by atomic mass is 10.1. The molecule has 4 rings (SSSR count). The van der Waals surface area contributed by atoms with E-state index in [1.807, 2.05) is 45.2 Å². The van der Waals surface area contributed by atoms with E-state index in [0.717, 1.165) is 0 Å². The van der Waals surface area contributed by atoms with E-state index in [1.54, 1.807) is 72.8 Å². The van der Waals surface area contributed by atoms with E-state index in [1.165, 1.54) is 0 Å². The number of carbonyl (C=O) groups excluding carboxylic acids is 2. The average Bonchev–Trinajstić information content (AvgIpc) is 2.86. The molecule has 35 heavy (non-hydrogen) atoms. The van der Waals surface area contributed by atoms with Crippen molar-refractivity contribution < 1.29 is 26.4 Å². The smallest absolute Gasteiger partial charge is 0.350 e. The van der Waals surface area contributed by atoms with Crippen LogP contribution in [0.25, 0.3) is 21.5 Å². The normalized spacial score (nSPS) is 11.3. The summed E-state index contributed by atoms with van der Waals surface area (Å²) in [4.78, 5) is 24.1. The lowest BCUT2D eigenvalue weighted by molar-refractivity contribution is -0.114. The zero-order valence-electron chi connectivity index (χ0n) is 18.0. The highest BCUT2D eigenvalue weighted by Crippen LogP contribution is 2.38. The highest BCUT2D eigenvalue weighted by Gasteiger charge is 2.24. The number of nitrogens with one attached hydrogen (secondary N) is 2. The minimum Gasteiger partial charge on any atom is -0.350 e. The molecule has 8 nitrogen and oxygen atoms in total. The minimum absolute atomic E-state index is 0.0700. The second-order valence-electron chi connectivity index (χ2n) is 7.27. The second kappa shape index (κ2) is 11.0. The summed E-state index contributed by atoms with van der Waals surface area (Å²) in [6.45, 7) is 0. The molecule has 0 radical (unpaired) electrons. The maximum Gasteiger partial charge on any atom is 0.501 e. The average molecular weight is 716 g/mol. The van der Waals surface area contributed by atoms with Crippen molar-refractivity contribution in [2.75, 3.05) is 19.5 Å². The van der Waals surface area contributed by atoms with Gasteiger partial charge in [0.15, 0.2) is 11.5 Å². The van der Waals surface area contributed by atoms with Crippen molar-refractivity contribution in [3.63, 3.8) is 0 Å². The van der Waals surface area contributed by atoms with Crippen molar-refractivity contribution in [2.24, 2.45) is 0 Å². The number of halogens is 2. The summed E-state index contributed by atoms with van der Waals surface area (Å²) in [5.41, 5.74) is 0.378. The number of carbonyl (C=O) groups is 2. The topological polar surface area (TPSA) is 111 Å². The Morgan fingerprint density at radius 1 is 0.657 bits per heavy atom. The van der Waals surface area contributed by atoms with E-state index in [9.17, 15) is 18.0 Å². The van der Waals surface area contributed by atoms with Gasteiger partial charge >= 0.3 is 10.4 Å². The summed E-state index contributed by atoms with van der Waals surface area (Å²) in [5, 5.41) is 7.70. The zero-order chi connectivity index (χ0) is 25.0. The molecule has 0 aliphatic heterocycles. The molecule has 0 saturated carbocycles. The Morgan fingerprint density at radius 3 is 1.46 bits per heavy atom. The maximum absolute atomic E-state index is 13.2. The standard InChI is InChI=1S/C24H18I2N2O6S/c25-13-21(29)27-19-11-9-15-5-1-3-7-17(15)23(19)33-35(31,32)34-24-18-8-4-2-6-16(18)10-12-20(24)28-22(30)14-26/h1-12H,13-14H2,(H,27,29)(H,28,30). The third-order valence-electron chi connectivity index (χ3n) is 4.92. The van der Waals surface area contributed by atoms with Gasteiger partial charge in [-0.2, -0.15) is 0 Å². The Balaban J connectivity index is 1.79. The Hall–Kier alpha value is -2.65. The van der Waals surface area contributed by atoms with Gasteiger partial charge in [-0.05, 0) is 22.9 Å². The Labute approximate surface area is 229 Å². The fourth-order valence-electron chi connectivity index (χ4n) is 3.45. The SMILES string of the molecule is O=C(CI)Nc1ccc2ccccc2c1OS(=O)(=O)Oc1c(NC(=O)CI)ccc2ccccc12. The van der Waals surface area contributed by atoms with Crippen LogP contribution in [-0.4, -0.2) is 29.1 Å². The summed E-state index contributed by atoms with van der Waals surface area (Å²) < 4.78 is 37.6. The van der Waals surface area contributed by atoms with E-state index >= 15 is 0 Å². The quantitative estimate of drug-likeness (QED) is 0.186. The van der Waals surface area contributed by atoms with Crippen LogP contribution in [0, 0.1) is 0 Å². The van der Waals surface area contributed by atoms with Gasteiger partial charge in [-0.15, -0.1) is 8.42 Å². The number of hydrogen-bond donors (Lipinski definition) is 2. The molecule has 0 heterocycles. The molecule has 0 aromatic heterocycles. The fourth-order valence-corrected chi connectivity index (χ4v) is 4.63. The van der Waals surface area contributed by atoms with Crippen LogP contribution >= 0.6 is 45.2 Å². The van der Waals surface area contributed by atoms with Crippen LogP contribution < -0.4 is 19.0 Å². The molecule has 0 aliphatic carbocycles. The number of rotatable bonds is 8. The molecular weight excluding hydrogens is 698 g/mol. The lowest BCUT2D eigenvalue weighted by Crippen LogP contribution is -2.20. The van der Waals surface area contributed by atoms with Crippen molar-refractivity contribution in [3.05, 3.63) is 72.8 Å². The Morgan fingerprint density at radius 2 is 1.06 bits per heavy atom. The molecule has 2 N–H and O–H groups in total. The second-order valence-corrected chi connectivity index (χ2v) is 9.94. The summed E-state index contributed by atoms with van der Waals surface area (Å²) in [6.07, 6.45) is 0.